The van der Waals surface area contributed by atoms with E-state index in [1.807, 2.05) is 6.07 Å². The van der Waals surface area contributed by atoms with Crippen LogP contribution in [0.1, 0.15) is 16.7 Å². The Hall–Kier alpha value is -2.18. The van der Waals surface area contributed by atoms with Crippen LogP contribution >= 0.6 is 0 Å². The second kappa shape index (κ2) is 3.44. The van der Waals surface area contributed by atoms with Gasteiger partial charge in [-0.25, -0.2) is 0 Å². The quantitative estimate of drug-likeness (QED) is 0.333. The number of hydrogen-bond donors (Lipinski definition) is 0. The van der Waals surface area contributed by atoms with Crippen LogP contribution in [0.3, 0.4) is 0 Å². The summed E-state index contributed by atoms with van der Waals surface area (Å²) < 4.78 is 0. The topological polar surface area (TPSA) is 36.4 Å². The number of rotatable bonds is 1. The Morgan fingerprint density at radius 1 is 1.00 bits per heavy atom. The smallest absolute Gasteiger partial charge is 0.287 e. The van der Waals surface area contributed by atoms with Crippen LogP contribution in [0.2, 0.25) is 0 Å². The fraction of sp³-hybridized carbons (Fsp3) is 0.0714. The Morgan fingerprint density at radius 3 is 2.69 bits per heavy atom. The third-order valence-corrected chi connectivity index (χ3v) is 3.02. The second-order valence-corrected chi connectivity index (χ2v) is 4.00. The highest BCUT2D eigenvalue weighted by molar-refractivity contribution is 5.82. The minimum Gasteiger partial charge on any atom is -0.361 e. The van der Waals surface area contributed by atoms with Crippen LogP contribution in [-0.2, 0) is 6.42 Å². The van der Waals surface area contributed by atoms with E-state index in [9.17, 15) is 0 Å². The molecule has 0 bridgehead atoms. The molecule has 2 aromatic carbocycles. The van der Waals surface area contributed by atoms with E-state index in [1.165, 1.54) is 28.5 Å². The van der Waals surface area contributed by atoms with Gasteiger partial charge in [-0.1, -0.05) is 30.3 Å². The van der Waals surface area contributed by atoms with Gasteiger partial charge in [-0.2, -0.15) is 4.79 Å². The van der Waals surface area contributed by atoms with E-state index in [1.54, 1.807) is 0 Å². The molecule has 0 radical (unpaired) electrons. The molecular weight excluding hydrogens is 196 g/mol. The largest absolute Gasteiger partial charge is 0.361 e. The van der Waals surface area contributed by atoms with E-state index in [-0.39, 0.29) is 0 Å². The van der Waals surface area contributed by atoms with Crippen molar-refractivity contribution in [1.29, 1.82) is 0 Å². The fourth-order valence-electron chi connectivity index (χ4n) is 2.31. The Bertz CT molecular complexity index is 608. The van der Waals surface area contributed by atoms with Crippen LogP contribution in [0.25, 0.3) is 16.7 Å². The summed E-state index contributed by atoms with van der Waals surface area (Å²) in [6, 6.07) is 14.6. The van der Waals surface area contributed by atoms with E-state index < -0.39 is 0 Å². The lowest BCUT2D eigenvalue weighted by atomic mass is 10.0. The number of benzene rings is 2. The zero-order chi connectivity index (χ0) is 11.0. The first-order valence-corrected chi connectivity index (χ1v) is 5.27. The first kappa shape index (κ1) is 9.08. The van der Waals surface area contributed by atoms with Crippen LogP contribution in [0.15, 0.2) is 42.5 Å². The van der Waals surface area contributed by atoms with Crippen LogP contribution in [-0.4, -0.2) is 11.0 Å². The third-order valence-electron chi connectivity index (χ3n) is 3.02. The molecule has 2 heteroatoms. The summed E-state index contributed by atoms with van der Waals surface area (Å²) in [6.07, 6.45) is 2.43. The highest BCUT2D eigenvalue weighted by atomic mass is 14.8. The van der Waals surface area contributed by atoms with Gasteiger partial charge in [0, 0.05) is 0 Å². The summed E-state index contributed by atoms with van der Waals surface area (Å²) in [7, 11) is 0. The molecule has 0 aromatic heterocycles. The van der Waals surface area contributed by atoms with Crippen LogP contribution in [0.5, 0.6) is 0 Å². The molecular formula is C14H10N2. The second-order valence-electron chi connectivity index (χ2n) is 4.00. The maximum atomic E-state index is 8.51. The van der Waals surface area contributed by atoms with E-state index in [4.69, 9.17) is 5.53 Å². The number of hydrogen-bond acceptors (Lipinski definition) is 0. The molecule has 1 aliphatic carbocycles. The summed E-state index contributed by atoms with van der Waals surface area (Å²) in [5.41, 5.74) is 14.7. The Labute approximate surface area is 93.8 Å². The summed E-state index contributed by atoms with van der Waals surface area (Å²) in [6.45, 7) is 0. The molecule has 0 spiro atoms. The van der Waals surface area contributed by atoms with Crippen molar-refractivity contribution in [3.8, 4) is 11.1 Å². The maximum Gasteiger partial charge on any atom is 0.287 e. The normalized spacial score (nSPS) is 11.5. The standard InChI is InChI=1S/C14H10N2/c15-16-9-10-5-6-14-12(7-10)8-11-3-1-2-4-13(11)14/h1-7,9H,8H2. The van der Waals surface area contributed by atoms with Crippen molar-refractivity contribution in [3.05, 3.63) is 64.7 Å². The van der Waals surface area contributed by atoms with Crippen molar-refractivity contribution in [2.24, 2.45) is 0 Å². The van der Waals surface area contributed by atoms with Gasteiger partial charge in [-0.15, -0.1) is 0 Å². The Morgan fingerprint density at radius 2 is 1.81 bits per heavy atom. The molecule has 0 N–H and O–H groups in total. The van der Waals surface area contributed by atoms with Gasteiger partial charge in [-0.3, -0.25) is 0 Å². The van der Waals surface area contributed by atoms with E-state index in [0.29, 0.717) is 0 Å². The summed E-state index contributed by atoms with van der Waals surface area (Å²) in [4.78, 5) is 3.06. The molecule has 2 nitrogen and oxygen atoms in total. The van der Waals surface area contributed by atoms with Crippen LogP contribution < -0.4 is 0 Å². The molecule has 0 fully saturated rings. The SMILES string of the molecule is [N-]=[N+]=Cc1ccc2c(c1)Cc1ccccc1-2. The highest BCUT2D eigenvalue weighted by Gasteiger charge is 2.17. The molecule has 3 rings (SSSR count). The Kier molecular flexibility index (Phi) is 1.95. The first-order valence-electron chi connectivity index (χ1n) is 5.27. The maximum absolute atomic E-state index is 8.51. The summed E-state index contributed by atoms with van der Waals surface area (Å²) in [5.74, 6) is 0. The minimum atomic E-state index is 0.939. The average molecular weight is 206 g/mol. The van der Waals surface area contributed by atoms with Gasteiger partial charge in [0.2, 0.25) is 0 Å². The summed E-state index contributed by atoms with van der Waals surface area (Å²) in [5, 5.41) is 0. The van der Waals surface area contributed by atoms with Crippen molar-refractivity contribution in [1.82, 2.24) is 0 Å². The lowest BCUT2D eigenvalue weighted by Gasteiger charge is -1.99. The molecule has 0 atom stereocenters. The number of nitrogens with zero attached hydrogens (tertiary/aromatic N) is 2. The monoisotopic (exact) mass is 206 g/mol. The van der Waals surface area contributed by atoms with Crippen molar-refractivity contribution in [2.45, 2.75) is 6.42 Å². The van der Waals surface area contributed by atoms with Gasteiger partial charge < -0.3 is 5.53 Å². The predicted molar refractivity (Wildman–Crippen MR) is 63.5 cm³/mol. The van der Waals surface area contributed by atoms with Crippen molar-refractivity contribution < 1.29 is 4.79 Å². The molecule has 0 saturated carbocycles. The molecule has 16 heavy (non-hydrogen) atoms. The van der Waals surface area contributed by atoms with E-state index in [2.05, 4.69) is 41.2 Å². The number of fused-ring (bicyclic) bond motifs is 3. The molecule has 0 aliphatic heterocycles. The van der Waals surface area contributed by atoms with Crippen molar-refractivity contribution in [2.75, 3.05) is 0 Å². The van der Waals surface area contributed by atoms with Crippen LogP contribution in [0, 0.1) is 0 Å². The molecule has 0 unspecified atom stereocenters. The zero-order valence-electron chi connectivity index (χ0n) is 8.72. The van der Waals surface area contributed by atoms with Gasteiger partial charge >= 0.3 is 0 Å². The van der Waals surface area contributed by atoms with Gasteiger partial charge in [-0.05, 0) is 40.8 Å². The molecule has 76 valence electrons. The zero-order valence-corrected chi connectivity index (χ0v) is 8.72. The molecule has 0 saturated heterocycles. The predicted octanol–water partition coefficient (Wildman–Crippen LogP) is 2.91. The summed E-state index contributed by atoms with van der Waals surface area (Å²) >= 11 is 0. The molecule has 0 amide bonds. The van der Waals surface area contributed by atoms with Crippen LogP contribution in [0.4, 0.5) is 0 Å². The van der Waals surface area contributed by atoms with E-state index >= 15 is 0 Å². The van der Waals surface area contributed by atoms with Gasteiger partial charge in [0.25, 0.3) is 6.21 Å². The third kappa shape index (κ3) is 1.28. The van der Waals surface area contributed by atoms with Gasteiger partial charge in [0.15, 0.2) is 0 Å². The molecule has 2 aromatic rings. The first-order chi connectivity index (χ1) is 7.88. The van der Waals surface area contributed by atoms with E-state index in [0.717, 1.165) is 12.0 Å². The lowest BCUT2D eigenvalue weighted by molar-refractivity contribution is 0.00456. The minimum absolute atomic E-state index is 0.939. The Balaban J connectivity index is 2.17. The lowest BCUT2D eigenvalue weighted by Crippen LogP contribution is -1.86. The van der Waals surface area contributed by atoms with Crippen molar-refractivity contribution in [3.63, 3.8) is 0 Å². The van der Waals surface area contributed by atoms with Gasteiger partial charge in [0.05, 0.1) is 5.56 Å². The molecule has 1 aliphatic rings. The fourth-order valence-corrected chi connectivity index (χ4v) is 2.31. The van der Waals surface area contributed by atoms with Crippen molar-refractivity contribution >= 4 is 6.21 Å². The average Bonchev–Trinajstić information content (AvgIpc) is 2.67. The molecule has 0 heterocycles. The van der Waals surface area contributed by atoms with Gasteiger partial charge in [0.1, 0.15) is 0 Å². The highest BCUT2D eigenvalue weighted by Crippen LogP contribution is 2.36.